The fraction of sp³-hybridized carbons (Fsp3) is 0.0769. The van der Waals surface area contributed by atoms with Crippen molar-refractivity contribution in [3.8, 4) is 17.0 Å². The highest BCUT2D eigenvalue weighted by molar-refractivity contribution is 5.70. The number of hydrogen-bond acceptors (Lipinski definition) is 3. The zero-order valence-corrected chi connectivity index (χ0v) is 9.75. The summed E-state index contributed by atoms with van der Waals surface area (Å²) in [5.74, 6) is 0.734. The summed E-state index contributed by atoms with van der Waals surface area (Å²) in [6.45, 7) is 0. The number of methoxy groups -OCH3 is 1. The van der Waals surface area contributed by atoms with Gasteiger partial charge in [0, 0.05) is 18.0 Å². The zero-order chi connectivity index (χ0) is 12.5. The standard InChI is InChI=1S/C13H11N3O2/c1-18-12-5-3-2-4-9(12)10-8-11-13(17)14-6-7-16(11)15-10/h2-8H,1H3,(H,14,17). The lowest BCUT2D eigenvalue weighted by molar-refractivity contribution is 0.416. The Morgan fingerprint density at radius 1 is 1.33 bits per heavy atom. The van der Waals surface area contributed by atoms with Gasteiger partial charge in [-0.1, -0.05) is 12.1 Å². The predicted molar refractivity (Wildman–Crippen MR) is 67.8 cm³/mol. The molecule has 0 aliphatic heterocycles. The average Bonchev–Trinajstić information content (AvgIpc) is 2.84. The number of hydrogen-bond donors (Lipinski definition) is 1. The van der Waals surface area contributed by atoms with E-state index in [-0.39, 0.29) is 5.56 Å². The summed E-state index contributed by atoms with van der Waals surface area (Å²) in [5.41, 5.74) is 1.93. The van der Waals surface area contributed by atoms with E-state index < -0.39 is 0 Å². The Hall–Kier alpha value is -2.56. The summed E-state index contributed by atoms with van der Waals surface area (Å²) < 4.78 is 6.85. The van der Waals surface area contributed by atoms with Crippen LogP contribution in [0.5, 0.6) is 5.75 Å². The minimum absolute atomic E-state index is 0.161. The number of aromatic nitrogens is 3. The quantitative estimate of drug-likeness (QED) is 0.742. The molecule has 0 spiro atoms. The van der Waals surface area contributed by atoms with Crippen LogP contribution in [-0.2, 0) is 0 Å². The van der Waals surface area contributed by atoms with E-state index in [1.807, 2.05) is 24.3 Å². The molecule has 0 aliphatic carbocycles. The van der Waals surface area contributed by atoms with Crippen LogP contribution in [0.3, 0.4) is 0 Å². The summed E-state index contributed by atoms with van der Waals surface area (Å²) in [4.78, 5) is 14.3. The zero-order valence-electron chi connectivity index (χ0n) is 9.75. The summed E-state index contributed by atoms with van der Waals surface area (Å²) in [7, 11) is 1.61. The van der Waals surface area contributed by atoms with Gasteiger partial charge in [0.05, 0.1) is 12.8 Å². The molecule has 0 radical (unpaired) electrons. The van der Waals surface area contributed by atoms with Gasteiger partial charge in [-0.3, -0.25) is 4.79 Å². The lowest BCUT2D eigenvalue weighted by Crippen LogP contribution is -2.07. The molecule has 1 aromatic carbocycles. The molecule has 5 heteroatoms. The molecule has 0 amide bonds. The first-order valence-corrected chi connectivity index (χ1v) is 5.50. The van der Waals surface area contributed by atoms with Gasteiger partial charge in [-0.25, -0.2) is 4.52 Å². The maximum atomic E-state index is 11.6. The smallest absolute Gasteiger partial charge is 0.273 e. The molecule has 0 aliphatic rings. The summed E-state index contributed by atoms with van der Waals surface area (Å²) >= 11 is 0. The van der Waals surface area contributed by atoms with Crippen LogP contribution in [0.4, 0.5) is 0 Å². The van der Waals surface area contributed by atoms with Crippen molar-refractivity contribution in [1.82, 2.24) is 14.6 Å². The molecule has 3 aromatic rings. The molecule has 0 saturated carbocycles. The van der Waals surface area contributed by atoms with E-state index in [0.717, 1.165) is 11.3 Å². The van der Waals surface area contributed by atoms with Crippen LogP contribution in [-0.4, -0.2) is 21.7 Å². The molecule has 0 unspecified atom stereocenters. The van der Waals surface area contributed by atoms with Crippen molar-refractivity contribution in [3.05, 3.63) is 53.1 Å². The van der Waals surface area contributed by atoms with Crippen LogP contribution in [0.1, 0.15) is 0 Å². The first kappa shape index (κ1) is 10.6. The van der Waals surface area contributed by atoms with Crippen LogP contribution < -0.4 is 10.3 Å². The van der Waals surface area contributed by atoms with E-state index in [1.54, 1.807) is 30.1 Å². The Morgan fingerprint density at radius 3 is 2.94 bits per heavy atom. The molecular formula is C13H11N3O2. The number of benzene rings is 1. The largest absolute Gasteiger partial charge is 0.496 e. The molecule has 0 bridgehead atoms. The number of rotatable bonds is 2. The fourth-order valence-electron chi connectivity index (χ4n) is 1.92. The van der Waals surface area contributed by atoms with Crippen LogP contribution in [0, 0.1) is 0 Å². The lowest BCUT2D eigenvalue weighted by Gasteiger charge is -2.04. The first-order valence-electron chi connectivity index (χ1n) is 5.50. The second-order valence-electron chi connectivity index (χ2n) is 3.85. The molecule has 2 heterocycles. The molecule has 0 atom stereocenters. The third-order valence-corrected chi connectivity index (χ3v) is 2.78. The number of H-pyrrole nitrogens is 1. The maximum Gasteiger partial charge on any atom is 0.273 e. The van der Waals surface area contributed by atoms with Gasteiger partial charge in [-0.15, -0.1) is 0 Å². The van der Waals surface area contributed by atoms with Crippen LogP contribution in [0.15, 0.2) is 47.5 Å². The Kier molecular flexibility index (Phi) is 2.37. The number of fused-ring (bicyclic) bond motifs is 1. The third-order valence-electron chi connectivity index (χ3n) is 2.78. The van der Waals surface area contributed by atoms with Crippen LogP contribution in [0.25, 0.3) is 16.8 Å². The Balaban J connectivity index is 2.26. The molecule has 0 fully saturated rings. The van der Waals surface area contributed by atoms with E-state index in [1.165, 1.54) is 0 Å². The van der Waals surface area contributed by atoms with Gasteiger partial charge in [-0.05, 0) is 18.2 Å². The number of nitrogens with zero attached hydrogens (tertiary/aromatic N) is 2. The molecule has 3 rings (SSSR count). The van der Waals surface area contributed by atoms with Crippen molar-refractivity contribution in [3.63, 3.8) is 0 Å². The van der Waals surface area contributed by atoms with E-state index in [9.17, 15) is 4.79 Å². The highest BCUT2D eigenvalue weighted by Gasteiger charge is 2.10. The topological polar surface area (TPSA) is 59.4 Å². The monoisotopic (exact) mass is 241 g/mol. The minimum atomic E-state index is -0.161. The van der Waals surface area contributed by atoms with Crippen LogP contribution >= 0.6 is 0 Å². The third kappa shape index (κ3) is 1.57. The van der Waals surface area contributed by atoms with E-state index in [4.69, 9.17) is 4.74 Å². The van der Waals surface area contributed by atoms with Gasteiger partial charge in [-0.2, -0.15) is 5.10 Å². The van der Waals surface area contributed by atoms with Crippen molar-refractivity contribution in [1.29, 1.82) is 0 Å². The van der Waals surface area contributed by atoms with Gasteiger partial charge in [0.2, 0.25) is 0 Å². The maximum absolute atomic E-state index is 11.6. The molecule has 5 nitrogen and oxygen atoms in total. The minimum Gasteiger partial charge on any atom is -0.496 e. The van der Waals surface area contributed by atoms with Crippen molar-refractivity contribution >= 4 is 5.52 Å². The lowest BCUT2D eigenvalue weighted by atomic mass is 10.1. The first-order chi connectivity index (χ1) is 8.79. The normalized spacial score (nSPS) is 10.7. The number of nitrogens with one attached hydrogen (secondary N) is 1. The van der Waals surface area contributed by atoms with Crippen molar-refractivity contribution in [2.45, 2.75) is 0 Å². The average molecular weight is 241 g/mol. The Morgan fingerprint density at radius 2 is 2.17 bits per heavy atom. The summed E-state index contributed by atoms with van der Waals surface area (Å²) in [5, 5.41) is 4.37. The van der Waals surface area contributed by atoms with Gasteiger partial charge < -0.3 is 9.72 Å². The SMILES string of the molecule is COc1ccccc1-c1cc2c(=O)[nH]ccn2n1. The van der Waals surface area contributed by atoms with Gasteiger partial charge in [0.25, 0.3) is 5.56 Å². The molecule has 0 saturated heterocycles. The van der Waals surface area contributed by atoms with E-state index in [0.29, 0.717) is 11.2 Å². The molecule has 90 valence electrons. The highest BCUT2D eigenvalue weighted by Crippen LogP contribution is 2.28. The summed E-state index contributed by atoms with van der Waals surface area (Å²) in [6.07, 6.45) is 3.27. The van der Waals surface area contributed by atoms with Crippen molar-refractivity contribution < 1.29 is 4.74 Å². The fourth-order valence-corrected chi connectivity index (χ4v) is 1.92. The second kappa shape index (κ2) is 4.03. The molecule has 18 heavy (non-hydrogen) atoms. The number of para-hydroxylation sites is 1. The van der Waals surface area contributed by atoms with Crippen molar-refractivity contribution in [2.24, 2.45) is 0 Å². The van der Waals surface area contributed by atoms with Gasteiger partial charge in [0.15, 0.2) is 0 Å². The van der Waals surface area contributed by atoms with E-state index in [2.05, 4.69) is 10.1 Å². The molecule has 1 N–H and O–H groups in total. The van der Waals surface area contributed by atoms with Gasteiger partial charge in [0.1, 0.15) is 11.3 Å². The highest BCUT2D eigenvalue weighted by atomic mass is 16.5. The van der Waals surface area contributed by atoms with E-state index >= 15 is 0 Å². The Labute approximate surface area is 103 Å². The number of ether oxygens (including phenoxy) is 1. The molecular weight excluding hydrogens is 230 g/mol. The van der Waals surface area contributed by atoms with Crippen LogP contribution in [0.2, 0.25) is 0 Å². The predicted octanol–water partition coefficient (Wildman–Crippen LogP) is 1.70. The number of aromatic amines is 1. The molecule has 2 aromatic heterocycles. The summed E-state index contributed by atoms with van der Waals surface area (Å²) in [6, 6.07) is 9.33. The van der Waals surface area contributed by atoms with Crippen molar-refractivity contribution in [2.75, 3.05) is 7.11 Å². The second-order valence-corrected chi connectivity index (χ2v) is 3.85. The Bertz CT molecular complexity index is 758. The van der Waals surface area contributed by atoms with Gasteiger partial charge >= 0.3 is 0 Å².